The normalized spacial score (nSPS) is 13.9. The standard InChI is InChI=1S/C5H13O2P/c1-2-5(7-8)3-4-6/h5-6H,2-4,8H2,1H3/t5-/m1/s1. The summed E-state index contributed by atoms with van der Waals surface area (Å²) in [6.07, 6.45) is 1.91. The Labute approximate surface area is 52.5 Å². The van der Waals surface area contributed by atoms with E-state index in [1.165, 1.54) is 0 Å². The molecule has 0 saturated heterocycles. The van der Waals surface area contributed by atoms with Gasteiger partial charge in [0.1, 0.15) is 0 Å². The molecule has 8 heavy (non-hydrogen) atoms. The summed E-state index contributed by atoms with van der Waals surface area (Å²) in [6.45, 7) is 2.25. The Hall–Kier alpha value is 0.350. The van der Waals surface area contributed by atoms with E-state index in [-0.39, 0.29) is 12.7 Å². The quantitative estimate of drug-likeness (QED) is 0.583. The summed E-state index contributed by atoms with van der Waals surface area (Å²) in [4.78, 5) is 0. The molecule has 0 aliphatic carbocycles. The maximum absolute atomic E-state index is 8.41. The van der Waals surface area contributed by atoms with Gasteiger partial charge in [-0.05, 0) is 12.8 Å². The zero-order valence-corrected chi connectivity index (χ0v) is 6.29. The highest BCUT2D eigenvalue weighted by molar-refractivity contribution is 7.09. The molecule has 1 unspecified atom stereocenters. The number of hydrogen-bond acceptors (Lipinski definition) is 2. The molecule has 50 valence electrons. The topological polar surface area (TPSA) is 29.5 Å². The highest BCUT2D eigenvalue weighted by Gasteiger charge is 2.00. The van der Waals surface area contributed by atoms with Crippen molar-refractivity contribution in [2.24, 2.45) is 0 Å². The van der Waals surface area contributed by atoms with Gasteiger partial charge in [0.2, 0.25) is 0 Å². The third kappa shape index (κ3) is 3.36. The van der Waals surface area contributed by atoms with Gasteiger partial charge in [0.05, 0.1) is 6.10 Å². The maximum Gasteiger partial charge on any atom is 0.0630 e. The van der Waals surface area contributed by atoms with Gasteiger partial charge < -0.3 is 9.63 Å². The average Bonchev–Trinajstić information content (AvgIpc) is 1.83. The summed E-state index contributed by atoms with van der Waals surface area (Å²) in [5.41, 5.74) is 0. The lowest BCUT2D eigenvalue weighted by Crippen LogP contribution is -2.07. The molecule has 0 saturated carbocycles. The Morgan fingerprint density at radius 2 is 2.38 bits per heavy atom. The van der Waals surface area contributed by atoms with Gasteiger partial charge in [0.15, 0.2) is 0 Å². The first-order valence-electron chi connectivity index (χ1n) is 2.81. The van der Waals surface area contributed by atoms with Crippen LogP contribution in [-0.4, -0.2) is 17.8 Å². The predicted octanol–water partition coefficient (Wildman–Crippen LogP) is 0.954. The van der Waals surface area contributed by atoms with Crippen molar-refractivity contribution in [2.45, 2.75) is 25.9 Å². The van der Waals surface area contributed by atoms with Crippen LogP contribution in [0.2, 0.25) is 0 Å². The van der Waals surface area contributed by atoms with Gasteiger partial charge in [-0.25, -0.2) is 0 Å². The molecule has 0 aromatic carbocycles. The second-order valence-electron chi connectivity index (χ2n) is 1.68. The molecule has 0 fully saturated rings. The summed E-state index contributed by atoms with van der Waals surface area (Å²) >= 11 is 0. The van der Waals surface area contributed by atoms with E-state index in [0.717, 1.165) is 12.8 Å². The Balaban J connectivity index is 3.07. The summed E-state index contributed by atoms with van der Waals surface area (Å²) in [7, 11) is 2.20. The second-order valence-corrected chi connectivity index (χ2v) is 1.95. The van der Waals surface area contributed by atoms with Gasteiger partial charge >= 0.3 is 0 Å². The minimum atomic E-state index is 0.213. The molecular formula is C5H13O2P. The van der Waals surface area contributed by atoms with Crippen LogP contribution < -0.4 is 0 Å². The fourth-order valence-electron chi connectivity index (χ4n) is 0.512. The van der Waals surface area contributed by atoms with Crippen LogP contribution >= 0.6 is 9.47 Å². The third-order valence-corrected chi connectivity index (χ3v) is 1.48. The van der Waals surface area contributed by atoms with Gasteiger partial charge in [-0.3, -0.25) is 0 Å². The van der Waals surface area contributed by atoms with Crippen molar-refractivity contribution in [1.29, 1.82) is 0 Å². The molecule has 0 aromatic rings. The second kappa shape index (κ2) is 5.49. The van der Waals surface area contributed by atoms with Crippen LogP contribution in [0.25, 0.3) is 0 Å². The molecule has 0 aliphatic rings. The third-order valence-electron chi connectivity index (χ3n) is 1.10. The summed E-state index contributed by atoms with van der Waals surface area (Å²) < 4.78 is 4.90. The van der Waals surface area contributed by atoms with Crippen molar-refractivity contribution in [1.82, 2.24) is 0 Å². The van der Waals surface area contributed by atoms with E-state index in [4.69, 9.17) is 9.63 Å². The molecule has 2 atom stereocenters. The van der Waals surface area contributed by atoms with E-state index < -0.39 is 0 Å². The van der Waals surface area contributed by atoms with Gasteiger partial charge in [0, 0.05) is 16.1 Å². The molecule has 0 aliphatic heterocycles. The number of rotatable bonds is 4. The first-order chi connectivity index (χ1) is 3.85. The van der Waals surface area contributed by atoms with E-state index >= 15 is 0 Å². The van der Waals surface area contributed by atoms with Gasteiger partial charge in [-0.15, -0.1) is 0 Å². The predicted molar refractivity (Wildman–Crippen MR) is 36.6 cm³/mol. The Morgan fingerprint density at radius 1 is 1.75 bits per heavy atom. The zero-order valence-electron chi connectivity index (χ0n) is 5.13. The smallest absolute Gasteiger partial charge is 0.0630 e. The zero-order chi connectivity index (χ0) is 6.41. The van der Waals surface area contributed by atoms with Crippen LogP contribution in [0, 0.1) is 0 Å². The van der Waals surface area contributed by atoms with E-state index in [2.05, 4.69) is 9.47 Å². The number of aliphatic hydroxyl groups excluding tert-OH is 1. The van der Waals surface area contributed by atoms with E-state index in [1.807, 2.05) is 6.92 Å². The lowest BCUT2D eigenvalue weighted by atomic mass is 10.2. The summed E-state index contributed by atoms with van der Waals surface area (Å²) in [6, 6.07) is 0. The molecule has 3 heteroatoms. The van der Waals surface area contributed by atoms with Crippen molar-refractivity contribution in [3.63, 3.8) is 0 Å². The van der Waals surface area contributed by atoms with Gasteiger partial charge in [-0.2, -0.15) is 0 Å². The van der Waals surface area contributed by atoms with Crippen LogP contribution in [0.15, 0.2) is 0 Å². The summed E-state index contributed by atoms with van der Waals surface area (Å²) in [5, 5.41) is 8.41. The minimum absolute atomic E-state index is 0.213. The molecule has 0 bridgehead atoms. The molecule has 2 nitrogen and oxygen atoms in total. The molecule has 0 radical (unpaired) electrons. The van der Waals surface area contributed by atoms with Crippen LogP contribution in [0.1, 0.15) is 19.8 Å². The average molecular weight is 136 g/mol. The maximum atomic E-state index is 8.41. The highest BCUT2D eigenvalue weighted by Crippen LogP contribution is 2.05. The lowest BCUT2D eigenvalue weighted by molar-refractivity contribution is 0.173. The van der Waals surface area contributed by atoms with Crippen molar-refractivity contribution in [3.05, 3.63) is 0 Å². The molecule has 0 spiro atoms. The van der Waals surface area contributed by atoms with Crippen LogP contribution in [0.4, 0.5) is 0 Å². The SMILES string of the molecule is CC[C@H](CCO)OP. The van der Waals surface area contributed by atoms with E-state index in [9.17, 15) is 0 Å². The Kier molecular flexibility index (Phi) is 5.73. The summed E-state index contributed by atoms with van der Waals surface area (Å²) in [5.74, 6) is 0. The van der Waals surface area contributed by atoms with Gasteiger partial charge in [-0.1, -0.05) is 6.92 Å². The monoisotopic (exact) mass is 136 g/mol. The molecule has 0 aromatic heterocycles. The van der Waals surface area contributed by atoms with Crippen molar-refractivity contribution in [2.75, 3.05) is 6.61 Å². The first kappa shape index (κ1) is 8.35. The lowest BCUT2D eigenvalue weighted by Gasteiger charge is -2.08. The van der Waals surface area contributed by atoms with Gasteiger partial charge in [0.25, 0.3) is 0 Å². The largest absolute Gasteiger partial charge is 0.396 e. The Bertz CT molecular complexity index is 45.7. The Morgan fingerprint density at radius 3 is 2.50 bits per heavy atom. The molecule has 0 rings (SSSR count). The number of aliphatic hydroxyl groups is 1. The van der Waals surface area contributed by atoms with Crippen molar-refractivity contribution < 1.29 is 9.63 Å². The fourth-order valence-corrected chi connectivity index (χ4v) is 0.841. The molecular weight excluding hydrogens is 123 g/mol. The fraction of sp³-hybridized carbons (Fsp3) is 1.00. The molecule has 0 amide bonds. The molecule has 0 heterocycles. The molecule has 1 N–H and O–H groups in total. The first-order valence-corrected chi connectivity index (χ1v) is 3.28. The minimum Gasteiger partial charge on any atom is -0.396 e. The van der Waals surface area contributed by atoms with Crippen molar-refractivity contribution in [3.8, 4) is 0 Å². The van der Waals surface area contributed by atoms with Crippen molar-refractivity contribution >= 4 is 9.47 Å². The van der Waals surface area contributed by atoms with E-state index in [0.29, 0.717) is 0 Å². The van der Waals surface area contributed by atoms with Crippen LogP contribution in [0.3, 0.4) is 0 Å². The highest BCUT2D eigenvalue weighted by atomic mass is 31.0. The van der Waals surface area contributed by atoms with Crippen LogP contribution in [-0.2, 0) is 4.52 Å². The van der Waals surface area contributed by atoms with E-state index in [1.54, 1.807) is 0 Å². The number of hydrogen-bond donors (Lipinski definition) is 1. The van der Waals surface area contributed by atoms with Crippen LogP contribution in [0.5, 0.6) is 0 Å².